The Balaban J connectivity index is 2.47. The molecule has 0 aliphatic heterocycles. The molecule has 0 aliphatic rings. The fraction of sp³-hybridized carbons (Fsp3) is 0.333. The lowest BCUT2D eigenvalue weighted by Gasteiger charge is -2.14. The summed E-state index contributed by atoms with van der Waals surface area (Å²) in [5.74, 6) is -2.02. The van der Waals surface area contributed by atoms with Crippen molar-refractivity contribution >= 4 is 23.5 Å². The molecule has 0 aromatic heterocycles. The van der Waals surface area contributed by atoms with Crippen LogP contribution in [-0.2, 0) is 9.59 Å². The molecule has 0 saturated heterocycles. The highest BCUT2D eigenvalue weighted by Crippen LogP contribution is 2.16. The maximum absolute atomic E-state index is 12.1. The number of hydrogen-bond acceptors (Lipinski definition) is 3. The maximum atomic E-state index is 12.1. The van der Waals surface area contributed by atoms with E-state index < -0.39 is 37.4 Å². The summed E-state index contributed by atoms with van der Waals surface area (Å²) < 4.78 is 29.3. The van der Waals surface area contributed by atoms with Crippen molar-refractivity contribution in [3.8, 4) is 5.75 Å². The van der Waals surface area contributed by atoms with Crippen LogP contribution in [0, 0.1) is 0 Å². The minimum Gasteiger partial charge on any atom is -0.484 e. The Bertz CT molecular complexity index is 484. The van der Waals surface area contributed by atoms with Gasteiger partial charge in [0.1, 0.15) is 11.8 Å². The van der Waals surface area contributed by atoms with Gasteiger partial charge in [0.25, 0.3) is 5.91 Å². The minimum atomic E-state index is -2.83. The van der Waals surface area contributed by atoms with Crippen molar-refractivity contribution in [2.24, 2.45) is 0 Å². The van der Waals surface area contributed by atoms with Crippen LogP contribution >= 0.6 is 11.6 Å². The van der Waals surface area contributed by atoms with Gasteiger partial charge in [-0.05, 0) is 18.2 Å². The Morgan fingerprint density at radius 2 is 2.10 bits per heavy atom. The van der Waals surface area contributed by atoms with Crippen molar-refractivity contribution in [1.29, 1.82) is 0 Å². The topological polar surface area (TPSA) is 75.6 Å². The third-order valence-corrected chi connectivity index (χ3v) is 2.45. The van der Waals surface area contributed by atoms with Gasteiger partial charge in [0.05, 0.1) is 0 Å². The zero-order valence-electron chi connectivity index (χ0n) is 10.2. The van der Waals surface area contributed by atoms with Crippen LogP contribution in [0.2, 0.25) is 5.02 Å². The molecule has 0 heterocycles. The molecule has 1 rings (SSSR count). The fourth-order valence-electron chi connectivity index (χ4n) is 1.34. The third-order valence-electron chi connectivity index (χ3n) is 2.21. The van der Waals surface area contributed by atoms with E-state index in [1.807, 2.05) is 5.32 Å². The molecule has 0 spiro atoms. The molecule has 1 amide bonds. The highest BCUT2D eigenvalue weighted by atomic mass is 35.5. The van der Waals surface area contributed by atoms with Crippen LogP contribution in [0.4, 0.5) is 8.78 Å². The summed E-state index contributed by atoms with van der Waals surface area (Å²) >= 11 is 5.70. The molecule has 1 atom stereocenters. The van der Waals surface area contributed by atoms with Crippen LogP contribution in [0.5, 0.6) is 5.75 Å². The van der Waals surface area contributed by atoms with E-state index in [4.69, 9.17) is 21.4 Å². The number of nitrogens with one attached hydrogen (secondary N) is 1. The van der Waals surface area contributed by atoms with Crippen molar-refractivity contribution in [3.05, 3.63) is 29.3 Å². The second-order valence-electron chi connectivity index (χ2n) is 3.83. The minimum absolute atomic E-state index is 0.313. The van der Waals surface area contributed by atoms with Gasteiger partial charge in [0, 0.05) is 11.4 Å². The number of carboxylic acid groups (broad SMARTS) is 1. The normalized spacial score (nSPS) is 12.0. The lowest BCUT2D eigenvalue weighted by Crippen LogP contribution is -2.44. The van der Waals surface area contributed by atoms with Gasteiger partial charge in [-0.15, -0.1) is 0 Å². The van der Waals surface area contributed by atoms with E-state index in [1.54, 1.807) is 18.2 Å². The largest absolute Gasteiger partial charge is 0.484 e. The molecule has 110 valence electrons. The number of aliphatic carboxylic acids is 1. The van der Waals surface area contributed by atoms with Crippen LogP contribution in [0.25, 0.3) is 0 Å². The summed E-state index contributed by atoms with van der Waals surface area (Å²) in [4.78, 5) is 22.1. The SMILES string of the molecule is O=C(COc1cccc(Cl)c1)NC(CC(F)F)C(=O)O. The Hall–Kier alpha value is -1.89. The number of carboxylic acids is 1. The smallest absolute Gasteiger partial charge is 0.326 e. The molecule has 1 unspecified atom stereocenters. The van der Waals surface area contributed by atoms with E-state index in [2.05, 4.69) is 0 Å². The van der Waals surface area contributed by atoms with Crippen LogP contribution < -0.4 is 10.1 Å². The molecule has 0 fully saturated rings. The van der Waals surface area contributed by atoms with E-state index in [0.29, 0.717) is 10.8 Å². The van der Waals surface area contributed by atoms with Gasteiger partial charge in [-0.25, -0.2) is 13.6 Å². The number of halogens is 3. The predicted molar refractivity (Wildman–Crippen MR) is 67.1 cm³/mol. The first-order chi connectivity index (χ1) is 9.38. The van der Waals surface area contributed by atoms with Crippen molar-refractivity contribution in [1.82, 2.24) is 5.32 Å². The molecular formula is C12H12ClF2NO4. The monoisotopic (exact) mass is 307 g/mol. The summed E-state index contributed by atoms with van der Waals surface area (Å²) in [5, 5.41) is 11.0. The Kier molecular flexibility index (Phi) is 6.17. The molecule has 0 radical (unpaired) electrons. The van der Waals surface area contributed by atoms with E-state index in [9.17, 15) is 18.4 Å². The molecule has 0 saturated carbocycles. The van der Waals surface area contributed by atoms with Gasteiger partial charge in [-0.3, -0.25) is 4.79 Å². The maximum Gasteiger partial charge on any atom is 0.326 e. The number of hydrogen-bond donors (Lipinski definition) is 2. The summed E-state index contributed by atoms with van der Waals surface area (Å²) in [5.41, 5.74) is 0. The van der Waals surface area contributed by atoms with Gasteiger partial charge in [-0.2, -0.15) is 0 Å². The first-order valence-corrected chi connectivity index (χ1v) is 5.95. The van der Waals surface area contributed by atoms with Gasteiger partial charge >= 0.3 is 5.97 Å². The molecule has 1 aromatic rings. The number of rotatable bonds is 7. The summed E-state index contributed by atoms with van der Waals surface area (Å²) in [6.07, 6.45) is -3.79. The van der Waals surface area contributed by atoms with Crippen LogP contribution in [0.15, 0.2) is 24.3 Å². The standard InChI is InChI=1S/C12H12ClF2NO4/c13-7-2-1-3-8(4-7)20-6-11(17)16-9(12(18)19)5-10(14)15/h1-4,9-10H,5-6H2,(H,16,17)(H,18,19). The van der Waals surface area contributed by atoms with E-state index >= 15 is 0 Å². The highest BCUT2D eigenvalue weighted by Gasteiger charge is 2.24. The van der Waals surface area contributed by atoms with Crippen molar-refractivity contribution in [3.63, 3.8) is 0 Å². The fourth-order valence-corrected chi connectivity index (χ4v) is 1.52. The number of ether oxygens (including phenoxy) is 1. The molecular weight excluding hydrogens is 296 g/mol. The van der Waals surface area contributed by atoms with Crippen LogP contribution in [0.1, 0.15) is 6.42 Å². The van der Waals surface area contributed by atoms with Crippen LogP contribution in [-0.4, -0.2) is 36.1 Å². The van der Waals surface area contributed by atoms with Crippen molar-refractivity contribution in [2.45, 2.75) is 18.9 Å². The van der Waals surface area contributed by atoms with Crippen LogP contribution in [0.3, 0.4) is 0 Å². The third kappa shape index (κ3) is 5.83. The summed E-state index contributed by atoms with van der Waals surface area (Å²) in [6.45, 7) is -0.493. The highest BCUT2D eigenvalue weighted by molar-refractivity contribution is 6.30. The average molecular weight is 308 g/mol. The molecule has 0 aliphatic carbocycles. The number of benzene rings is 1. The van der Waals surface area contributed by atoms with Gasteiger partial charge in [-0.1, -0.05) is 17.7 Å². The van der Waals surface area contributed by atoms with Gasteiger partial charge in [0.2, 0.25) is 6.43 Å². The number of carbonyl (C=O) groups excluding carboxylic acids is 1. The molecule has 20 heavy (non-hydrogen) atoms. The second kappa shape index (κ2) is 7.64. The molecule has 0 bridgehead atoms. The summed E-state index contributed by atoms with van der Waals surface area (Å²) in [7, 11) is 0. The van der Waals surface area contributed by atoms with E-state index in [0.717, 1.165) is 0 Å². The zero-order chi connectivity index (χ0) is 15.1. The molecule has 2 N–H and O–H groups in total. The first kappa shape index (κ1) is 16.2. The lowest BCUT2D eigenvalue weighted by molar-refractivity contribution is -0.143. The van der Waals surface area contributed by atoms with Gasteiger partial charge < -0.3 is 15.2 Å². The summed E-state index contributed by atoms with van der Waals surface area (Å²) in [6, 6.07) is 4.57. The van der Waals surface area contributed by atoms with Crippen molar-refractivity contribution in [2.75, 3.05) is 6.61 Å². The van der Waals surface area contributed by atoms with Crippen molar-refractivity contribution < 1.29 is 28.2 Å². The first-order valence-electron chi connectivity index (χ1n) is 5.57. The number of amides is 1. The average Bonchev–Trinajstić information content (AvgIpc) is 2.35. The molecule has 8 heteroatoms. The van der Waals surface area contributed by atoms with E-state index in [-0.39, 0.29) is 0 Å². The predicted octanol–water partition coefficient (Wildman–Crippen LogP) is 1.94. The second-order valence-corrected chi connectivity index (χ2v) is 4.27. The number of carbonyl (C=O) groups is 2. The quantitative estimate of drug-likeness (QED) is 0.807. The zero-order valence-corrected chi connectivity index (χ0v) is 10.9. The van der Waals surface area contributed by atoms with Gasteiger partial charge in [0.15, 0.2) is 6.61 Å². The Morgan fingerprint density at radius 3 is 2.65 bits per heavy atom. The molecule has 1 aromatic carbocycles. The molecule has 5 nitrogen and oxygen atoms in total. The number of alkyl halides is 2. The lowest BCUT2D eigenvalue weighted by atomic mass is 10.2. The Morgan fingerprint density at radius 1 is 1.40 bits per heavy atom. The van der Waals surface area contributed by atoms with E-state index in [1.165, 1.54) is 6.07 Å². The Labute approximate surface area is 118 Å².